The van der Waals surface area contributed by atoms with Crippen LogP contribution < -0.4 is 14.8 Å². The van der Waals surface area contributed by atoms with E-state index in [1.54, 1.807) is 19.1 Å². The average molecular weight is 342 g/mol. The Morgan fingerprint density at radius 1 is 1.00 bits per heavy atom. The molecule has 0 saturated heterocycles. The molecule has 2 amide bonds. The summed E-state index contributed by atoms with van der Waals surface area (Å²) in [5, 5.41) is 2.98. The first-order valence-electron chi connectivity index (χ1n) is 8.45. The van der Waals surface area contributed by atoms with Crippen LogP contribution in [0.1, 0.15) is 18.1 Å². The Morgan fingerprint density at radius 3 is 2.36 bits per heavy atom. The van der Waals surface area contributed by atoms with Crippen molar-refractivity contribution < 1.29 is 14.3 Å². The van der Waals surface area contributed by atoms with Crippen LogP contribution in [0, 0.1) is 0 Å². The molecular formula is C20H26N2O3. The first-order chi connectivity index (χ1) is 12.2. The molecule has 5 heteroatoms. The quantitative estimate of drug-likeness (QED) is 0.799. The lowest BCUT2D eigenvalue weighted by Crippen LogP contribution is -2.40. The van der Waals surface area contributed by atoms with Crippen LogP contribution in [0.4, 0.5) is 4.79 Å². The van der Waals surface area contributed by atoms with E-state index in [1.165, 1.54) is 5.56 Å². The second-order valence-corrected chi connectivity index (χ2v) is 5.67. The van der Waals surface area contributed by atoms with Gasteiger partial charge < -0.3 is 19.7 Å². The molecule has 1 N–H and O–H groups in total. The van der Waals surface area contributed by atoms with Gasteiger partial charge in [-0.05, 0) is 36.6 Å². The number of rotatable bonds is 8. The van der Waals surface area contributed by atoms with Crippen molar-refractivity contribution >= 4 is 6.03 Å². The minimum atomic E-state index is -0.0618. The maximum atomic E-state index is 12.4. The summed E-state index contributed by atoms with van der Waals surface area (Å²) >= 11 is 0. The molecule has 0 saturated carbocycles. The van der Waals surface area contributed by atoms with Gasteiger partial charge >= 0.3 is 6.03 Å². The Morgan fingerprint density at radius 2 is 1.72 bits per heavy atom. The Kier molecular flexibility index (Phi) is 7.14. The molecule has 0 atom stereocenters. The molecule has 2 aromatic carbocycles. The Labute approximate surface area is 149 Å². The van der Waals surface area contributed by atoms with Gasteiger partial charge in [0.05, 0.1) is 14.2 Å². The normalized spacial score (nSPS) is 10.2. The third kappa shape index (κ3) is 5.41. The van der Waals surface area contributed by atoms with E-state index in [9.17, 15) is 4.79 Å². The van der Waals surface area contributed by atoms with Gasteiger partial charge in [-0.1, -0.05) is 36.4 Å². The van der Waals surface area contributed by atoms with Gasteiger partial charge in [0.25, 0.3) is 0 Å². The smallest absolute Gasteiger partial charge is 0.317 e. The molecule has 0 spiro atoms. The highest BCUT2D eigenvalue weighted by Crippen LogP contribution is 2.28. The second kappa shape index (κ2) is 9.57. The number of benzene rings is 2. The molecule has 134 valence electrons. The fourth-order valence-corrected chi connectivity index (χ4v) is 2.60. The predicted octanol–water partition coefficient (Wildman–Crippen LogP) is 3.48. The number of hydrogen-bond acceptors (Lipinski definition) is 3. The minimum Gasteiger partial charge on any atom is -0.493 e. The maximum Gasteiger partial charge on any atom is 0.317 e. The highest BCUT2D eigenvalue weighted by molar-refractivity contribution is 5.74. The number of amides is 2. The summed E-state index contributed by atoms with van der Waals surface area (Å²) < 4.78 is 10.6. The lowest BCUT2D eigenvalue weighted by atomic mass is 10.1. The van der Waals surface area contributed by atoms with Gasteiger partial charge in [-0.3, -0.25) is 0 Å². The number of nitrogens with one attached hydrogen (secondary N) is 1. The van der Waals surface area contributed by atoms with Gasteiger partial charge in [0, 0.05) is 19.6 Å². The molecule has 0 bridgehead atoms. The van der Waals surface area contributed by atoms with E-state index in [0.29, 0.717) is 31.1 Å². The van der Waals surface area contributed by atoms with Crippen molar-refractivity contribution in [3.8, 4) is 11.5 Å². The van der Waals surface area contributed by atoms with E-state index in [4.69, 9.17) is 9.47 Å². The summed E-state index contributed by atoms with van der Waals surface area (Å²) in [6.45, 7) is 3.74. The molecule has 2 aromatic rings. The Bertz CT molecular complexity index is 674. The van der Waals surface area contributed by atoms with Crippen molar-refractivity contribution in [1.29, 1.82) is 0 Å². The molecule has 0 aliphatic carbocycles. The van der Waals surface area contributed by atoms with Crippen LogP contribution in [0.3, 0.4) is 0 Å². The number of hydrogen-bond donors (Lipinski definition) is 1. The van der Waals surface area contributed by atoms with E-state index < -0.39 is 0 Å². The van der Waals surface area contributed by atoms with E-state index in [1.807, 2.05) is 43.3 Å². The average Bonchev–Trinajstić information content (AvgIpc) is 2.66. The Hall–Kier alpha value is -2.69. The number of carbonyl (C=O) groups is 1. The zero-order valence-electron chi connectivity index (χ0n) is 15.1. The molecule has 0 aliphatic rings. The van der Waals surface area contributed by atoms with Crippen LogP contribution in [-0.4, -0.2) is 38.2 Å². The summed E-state index contributed by atoms with van der Waals surface area (Å²) in [5.74, 6) is 1.35. The van der Waals surface area contributed by atoms with Gasteiger partial charge in [0.1, 0.15) is 0 Å². The van der Waals surface area contributed by atoms with Crippen molar-refractivity contribution in [2.75, 3.05) is 27.3 Å². The highest BCUT2D eigenvalue weighted by atomic mass is 16.5. The molecule has 0 radical (unpaired) electrons. The topological polar surface area (TPSA) is 50.8 Å². The van der Waals surface area contributed by atoms with E-state index in [-0.39, 0.29) is 6.03 Å². The zero-order chi connectivity index (χ0) is 18.1. The summed E-state index contributed by atoms with van der Waals surface area (Å²) in [4.78, 5) is 14.2. The monoisotopic (exact) mass is 342 g/mol. The first kappa shape index (κ1) is 18.6. The molecule has 25 heavy (non-hydrogen) atoms. The third-order valence-corrected chi connectivity index (χ3v) is 4.02. The molecule has 0 unspecified atom stereocenters. The number of methoxy groups -OCH3 is 2. The lowest BCUT2D eigenvalue weighted by molar-refractivity contribution is 0.198. The predicted molar refractivity (Wildman–Crippen MR) is 99.2 cm³/mol. The van der Waals surface area contributed by atoms with Crippen molar-refractivity contribution in [2.24, 2.45) is 0 Å². The Balaban J connectivity index is 1.91. The van der Waals surface area contributed by atoms with Gasteiger partial charge in [0.2, 0.25) is 0 Å². The van der Waals surface area contributed by atoms with Crippen molar-refractivity contribution in [1.82, 2.24) is 10.2 Å². The van der Waals surface area contributed by atoms with Crippen LogP contribution in [0.15, 0.2) is 48.5 Å². The number of nitrogens with zero attached hydrogens (tertiary/aromatic N) is 1. The van der Waals surface area contributed by atoms with Crippen LogP contribution >= 0.6 is 0 Å². The zero-order valence-corrected chi connectivity index (χ0v) is 15.1. The van der Waals surface area contributed by atoms with Crippen LogP contribution in [0.5, 0.6) is 11.5 Å². The molecule has 0 aliphatic heterocycles. The van der Waals surface area contributed by atoms with E-state index >= 15 is 0 Å². The standard InChI is InChI=1S/C20H26N2O3/c1-4-22(15-17-10-11-18(24-2)19(14-17)25-3)20(23)21-13-12-16-8-6-5-7-9-16/h5-11,14H,4,12-13,15H2,1-3H3,(H,21,23). The van der Waals surface area contributed by atoms with E-state index in [2.05, 4.69) is 17.4 Å². The summed E-state index contributed by atoms with van der Waals surface area (Å²) in [6.07, 6.45) is 0.820. The molecule has 2 rings (SSSR count). The summed E-state index contributed by atoms with van der Waals surface area (Å²) in [5.41, 5.74) is 2.21. The summed E-state index contributed by atoms with van der Waals surface area (Å²) in [7, 11) is 3.21. The third-order valence-electron chi connectivity index (χ3n) is 4.02. The van der Waals surface area contributed by atoms with E-state index in [0.717, 1.165) is 12.0 Å². The SMILES string of the molecule is CCN(Cc1ccc(OC)c(OC)c1)C(=O)NCCc1ccccc1. The minimum absolute atomic E-state index is 0.0618. The molecule has 5 nitrogen and oxygen atoms in total. The van der Waals surface area contributed by atoms with Crippen molar-refractivity contribution in [3.05, 3.63) is 59.7 Å². The highest BCUT2D eigenvalue weighted by Gasteiger charge is 2.13. The van der Waals surface area contributed by atoms with Crippen molar-refractivity contribution in [3.63, 3.8) is 0 Å². The number of carbonyl (C=O) groups excluding carboxylic acids is 1. The first-order valence-corrected chi connectivity index (χ1v) is 8.45. The number of ether oxygens (including phenoxy) is 2. The fraction of sp³-hybridized carbons (Fsp3) is 0.350. The van der Waals surface area contributed by atoms with Crippen molar-refractivity contribution in [2.45, 2.75) is 19.9 Å². The van der Waals surface area contributed by atoms with Crippen LogP contribution in [-0.2, 0) is 13.0 Å². The number of urea groups is 1. The van der Waals surface area contributed by atoms with Gasteiger partial charge in [-0.15, -0.1) is 0 Å². The largest absolute Gasteiger partial charge is 0.493 e. The molecule has 0 heterocycles. The molecule has 0 aromatic heterocycles. The van der Waals surface area contributed by atoms with Crippen LogP contribution in [0.25, 0.3) is 0 Å². The van der Waals surface area contributed by atoms with Gasteiger partial charge in [-0.25, -0.2) is 4.79 Å². The van der Waals surface area contributed by atoms with Gasteiger partial charge in [-0.2, -0.15) is 0 Å². The fourth-order valence-electron chi connectivity index (χ4n) is 2.60. The maximum absolute atomic E-state index is 12.4. The van der Waals surface area contributed by atoms with Crippen LogP contribution in [0.2, 0.25) is 0 Å². The summed E-state index contributed by atoms with van der Waals surface area (Å²) in [6, 6.07) is 15.8. The molecule has 0 fully saturated rings. The van der Waals surface area contributed by atoms with Gasteiger partial charge in [0.15, 0.2) is 11.5 Å². The second-order valence-electron chi connectivity index (χ2n) is 5.67. The molecular weight excluding hydrogens is 316 g/mol. The lowest BCUT2D eigenvalue weighted by Gasteiger charge is -2.22.